The fraction of sp³-hybridized carbons (Fsp3) is 0.158. The molecule has 0 aliphatic rings. The Balaban J connectivity index is 1.63. The van der Waals surface area contributed by atoms with E-state index in [-0.39, 0.29) is 11.7 Å². The van der Waals surface area contributed by atoms with Crippen LogP contribution in [0.2, 0.25) is 5.02 Å². The minimum absolute atomic E-state index is 0.200. The fourth-order valence-corrected chi connectivity index (χ4v) is 3.32. The molecule has 0 radical (unpaired) electrons. The Hall–Kier alpha value is -2.64. The average molecular weight is 400 g/mol. The van der Waals surface area contributed by atoms with E-state index in [0.717, 1.165) is 22.6 Å². The second-order valence-electron chi connectivity index (χ2n) is 5.75. The highest BCUT2D eigenvalue weighted by atomic mass is 35.5. The van der Waals surface area contributed by atoms with Crippen molar-refractivity contribution in [2.24, 2.45) is 5.10 Å². The molecule has 1 aromatic carbocycles. The van der Waals surface area contributed by atoms with Gasteiger partial charge in [-0.1, -0.05) is 23.4 Å². The van der Waals surface area contributed by atoms with Gasteiger partial charge in [0.15, 0.2) is 5.16 Å². The Kier molecular flexibility index (Phi) is 6.26. The van der Waals surface area contributed by atoms with Gasteiger partial charge in [0.1, 0.15) is 0 Å². The van der Waals surface area contributed by atoms with Crippen molar-refractivity contribution >= 4 is 35.5 Å². The summed E-state index contributed by atoms with van der Waals surface area (Å²) >= 11 is 7.23. The lowest BCUT2D eigenvalue weighted by molar-refractivity contribution is -0.118. The lowest BCUT2D eigenvalue weighted by atomic mass is 10.2. The van der Waals surface area contributed by atoms with Crippen molar-refractivity contribution in [3.05, 3.63) is 70.8 Å². The molecule has 0 saturated heterocycles. The number of nitrogens with one attached hydrogen (secondary N) is 1. The summed E-state index contributed by atoms with van der Waals surface area (Å²) in [4.78, 5) is 20.0. The van der Waals surface area contributed by atoms with Gasteiger partial charge in [-0.15, -0.1) is 0 Å². The van der Waals surface area contributed by atoms with Crippen LogP contribution in [0.3, 0.4) is 0 Å². The first-order chi connectivity index (χ1) is 13.0. The molecular weight excluding hydrogens is 382 g/mol. The molecule has 0 saturated carbocycles. The van der Waals surface area contributed by atoms with Crippen LogP contribution in [0.1, 0.15) is 17.0 Å². The Bertz CT molecular complexity index is 954. The number of amides is 1. The Morgan fingerprint density at radius 1 is 1.26 bits per heavy atom. The molecule has 2 aromatic heterocycles. The molecule has 8 heteroatoms. The number of nitrogens with zero attached hydrogens (tertiary/aromatic N) is 4. The summed E-state index contributed by atoms with van der Waals surface area (Å²) in [6.07, 6.45) is 4.93. The summed E-state index contributed by atoms with van der Waals surface area (Å²) in [5.74, 6) is -0.0132. The highest BCUT2D eigenvalue weighted by Gasteiger charge is 2.09. The molecule has 0 aliphatic heterocycles. The first-order valence-electron chi connectivity index (χ1n) is 8.21. The van der Waals surface area contributed by atoms with Gasteiger partial charge >= 0.3 is 0 Å². The van der Waals surface area contributed by atoms with E-state index < -0.39 is 0 Å². The van der Waals surface area contributed by atoms with Gasteiger partial charge in [0.2, 0.25) is 0 Å². The van der Waals surface area contributed by atoms with E-state index in [9.17, 15) is 4.79 Å². The summed E-state index contributed by atoms with van der Waals surface area (Å²) in [6, 6.07) is 11.4. The van der Waals surface area contributed by atoms with Crippen LogP contribution in [0.4, 0.5) is 0 Å². The van der Waals surface area contributed by atoms with Crippen molar-refractivity contribution in [1.82, 2.24) is 20.0 Å². The van der Waals surface area contributed by atoms with Crippen molar-refractivity contribution in [1.29, 1.82) is 0 Å². The van der Waals surface area contributed by atoms with E-state index in [1.165, 1.54) is 11.8 Å². The number of carbonyl (C=O) groups is 1. The van der Waals surface area contributed by atoms with E-state index in [1.807, 2.05) is 44.2 Å². The predicted octanol–water partition coefficient (Wildman–Crippen LogP) is 3.78. The zero-order chi connectivity index (χ0) is 19.2. The second kappa shape index (κ2) is 8.83. The molecule has 0 bridgehead atoms. The van der Waals surface area contributed by atoms with E-state index in [0.29, 0.717) is 10.2 Å². The average Bonchev–Trinajstić information content (AvgIpc) is 2.95. The normalized spacial score (nSPS) is 11.1. The number of aromatic nitrogens is 3. The fourth-order valence-electron chi connectivity index (χ4n) is 2.60. The number of hydrazone groups is 1. The number of carbonyl (C=O) groups excluding carboxylic acids is 1. The summed E-state index contributed by atoms with van der Waals surface area (Å²) in [7, 11) is 0. The topological polar surface area (TPSA) is 72.2 Å². The van der Waals surface area contributed by atoms with E-state index in [2.05, 4.69) is 25.1 Å². The maximum absolute atomic E-state index is 11.9. The largest absolute Gasteiger partial charge is 0.318 e. The number of halogens is 1. The van der Waals surface area contributed by atoms with Crippen molar-refractivity contribution in [2.45, 2.75) is 19.0 Å². The Morgan fingerprint density at radius 3 is 2.67 bits per heavy atom. The molecule has 3 rings (SSSR count). The lowest BCUT2D eigenvalue weighted by Crippen LogP contribution is -2.19. The number of thioether (sulfide) groups is 1. The van der Waals surface area contributed by atoms with Crippen LogP contribution in [0.25, 0.3) is 5.69 Å². The number of benzene rings is 1. The zero-order valence-electron chi connectivity index (χ0n) is 14.9. The number of aryl methyl sites for hydroxylation is 1. The monoisotopic (exact) mass is 399 g/mol. The lowest BCUT2D eigenvalue weighted by Gasteiger charge is -2.09. The van der Waals surface area contributed by atoms with Gasteiger partial charge in [0.05, 0.1) is 12.0 Å². The molecule has 1 amide bonds. The third-order valence-electron chi connectivity index (χ3n) is 3.82. The molecule has 138 valence electrons. The van der Waals surface area contributed by atoms with Gasteiger partial charge in [-0.2, -0.15) is 5.10 Å². The quantitative estimate of drug-likeness (QED) is 0.296. The smallest absolute Gasteiger partial charge is 0.250 e. The molecule has 2 heterocycles. The summed E-state index contributed by atoms with van der Waals surface area (Å²) in [5, 5.41) is 5.32. The highest BCUT2D eigenvalue weighted by molar-refractivity contribution is 7.99. The maximum Gasteiger partial charge on any atom is 0.250 e. The van der Waals surface area contributed by atoms with Crippen LogP contribution >= 0.6 is 23.4 Å². The summed E-state index contributed by atoms with van der Waals surface area (Å²) < 4.78 is 2.11. The number of hydrogen-bond acceptors (Lipinski definition) is 5. The molecule has 0 atom stereocenters. The van der Waals surface area contributed by atoms with Gasteiger partial charge in [-0.3, -0.25) is 4.79 Å². The molecule has 6 nitrogen and oxygen atoms in total. The molecule has 0 aliphatic carbocycles. The number of hydrogen-bond donors (Lipinski definition) is 1. The van der Waals surface area contributed by atoms with Gasteiger partial charge < -0.3 is 4.57 Å². The van der Waals surface area contributed by atoms with Crippen molar-refractivity contribution < 1.29 is 4.79 Å². The van der Waals surface area contributed by atoms with Crippen LogP contribution in [-0.2, 0) is 4.79 Å². The van der Waals surface area contributed by atoms with Crippen LogP contribution in [-0.4, -0.2) is 32.4 Å². The minimum Gasteiger partial charge on any atom is -0.318 e. The van der Waals surface area contributed by atoms with Crippen LogP contribution < -0.4 is 5.43 Å². The van der Waals surface area contributed by atoms with Crippen LogP contribution in [0, 0.1) is 13.8 Å². The maximum atomic E-state index is 11.9. The van der Waals surface area contributed by atoms with Crippen molar-refractivity contribution in [3.8, 4) is 5.69 Å². The molecule has 27 heavy (non-hydrogen) atoms. The van der Waals surface area contributed by atoms with E-state index in [1.54, 1.807) is 24.7 Å². The third kappa shape index (κ3) is 4.96. The molecule has 0 unspecified atom stereocenters. The van der Waals surface area contributed by atoms with Crippen LogP contribution in [0.15, 0.2) is 59.0 Å². The molecule has 0 fully saturated rings. The molecule has 3 aromatic rings. The van der Waals surface area contributed by atoms with Crippen molar-refractivity contribution in [3.63, 3.8) is 0 Å². The van der Waals surface area contributed by atoms with Crippen molar-refractivity contribution in [2.75, 3.05) is 5.75 Å². The first kappa shape index (κ1) is 19.1. The first-order valence-corrected chi connectivity index (χ1v) is 9.57. The summed E-state index contributed by atoms with van der Waals surface area (Å²) in [5.41, 5.74) is 6.59. The molecule has 0 spiro atoms. The van der Waals surface area contributed by atoms with E-state index in [4.69, 9.17) is 11.6 Å². The standard InChI is InChI=1S/C19H18ClN5OS/c1-13-10-15(14(2)25(13)17-6-4-16(20)5-7-17)11-23-24-18(26)12-27-19-21-8-3-9-22-19/h3-11H,12H2,1-2H3,(H,24,26). The second-order valence-corrected chi connectivity index (χ2v) is 7.13. The Morgan fingerprint density at radius 2 is 1.96 bits per heavy atom. The number of rotatable bonds is 6. The van der Waals surface area contributed by atoms with Gasteiger partial charge in [-0.25, -0.2) is 15.4 Å². The SMILES string of the molecule is Cc1cc(C=NNC(=O)CSc2ncccn2)c(C)n1-c1ccc(Cl)cc1. The minimum atomic E-state index is -0.213. The third-order valence-corrected chi connectivity index (χ3v) is 4.95. The van der Waals surface area contributed by atoms with Crippen LogP contribution in [0.5, 0.6) is 0 Å². The van der Waals surface area contributed by atoms with E-state index >= 15 is 0 Å². The molecule has 1 N–H and O–H groups in total. The predicted molar refractivity (Wildman–Crippen MR) is 109 cm³/mol. The summed E-state index contributed by atoms with van der Waals surface area (Å²) in [6.45, 7) is 4.03. The highest BCUT2D eigenvalue weighted by Crippen LogP contribution is 2.21. The Labute approximate surface area is 166 Å². The van der Waals surface area contributed by atoms with Gasteiger partial charge in [-0.05, 0) is 50.2 Å². The molecular formula is C19H18ClN5OS. The zero-order valence-corrected chi connectivity index (χ0v) is 16.5. The van der Waals surface area contributed by atoms with Gasteiger partial charge in [0.25, 0.3) is 5.91 Å². The van der Waals surface area contributed by atoms with Gasteiger partial charge in [0, 0.05) is 40.1 Å².